The monoisotopic (exact) mass is 437 g/mol. The Balaban J connectivity index is 1.64. The largest absolute Gasteiger partial charge is 0.456 e. The molecule has 0 saturated carbocycles. The zero-order valence-electron chi connectivity index (χ0n) is 15.0. The van der Waals surface area contributed by atoms with Gasteiger partial charge in [0, 0.05) is 27.7 Å². The lowest BCUT2D eigenvalue weighted by Gasteiger charge is -2.08. The van der Waals surface area contributed by atoms with Crippen LogP contribution in [-0.4, -0.2) is 30.3 Å². The van der Waals surface area contributed by atoms with Gasteiger partial charge < -0.3 is 10.1 Å². The van der Waals surface area contributed by atoms with E-state index in [1.54, 1.807) is 24.3 Å². The number of nitrogens with one attached hydrogen (secondary N) is 3. The molecule has 0 spiro atoms. The predicted molar refractivity (Wildman–Crippen MR) is 107 cm³/mol. The fraction of sp³-hybridized carbons (Fsp3) is 0.158. The van der Waals surface area contributed by atoms with Crippen molar-refractivity contribution >= 4 is 52.6 Å². The third-order valence-corrected chi connectivity index (χ3v) is 3.94. The summed E-state index contributed by atoms with van der Waals surface area (Å²) in [5, 5.41) is 3.45. The van der Waals surface area contributed by atoms with Crippen LogP contribution in [0.4, 0.5) is 5.69 Å². The van der Waals surface area contributed by atoms with Crippen molar-refractivity contribution in [2.45, 2.75) is 12.8 Å². The summed E-state index contributed by atoms with van der Waals surface area (Å²) in [6.45, 7) is -0.500. The summed E-state index contributed by atoms with van der Waals surface area (Å²) < 4.78 is 4.80. The molecule has 152 valence electrons. The number of hydrazine groups is 1. The van der Waals surface area contributed by atoms with Gasteiger partial charge in [-0.25, -0.2) is 0 Å². The standard InChI is InChI=1S/C19H17Cl2N3O5/c20-13-6-4-12(5-7-13)19(28)24-23-16(25)8-9-18(27)29-11-17(26)22-15-3-1-2-14(21)10-15/h1-7,10H,8-9,11H2,(H,22,26)(H,23,25)(H,24,28). The van der Waals surface area contributed by atoms with Gasteiger partial charge in [0.05, 0.1) is 6.42 Å². The molecular weight excluding hydrogens is 421 g/mol. The minimum atomic E-state index is -0.731. The molecule has 0 unspecified atom stereocenters. The van der Waals surface area contributed by atoms with Crippen LogP contribution < -0.4 is 16.2 Å². The molecule has 3 N–H and O–H groups in total. The lowest BCUT2D eigenvalue weighted by molar-refractivity contribution is -0.148. The molecular formula is C19H17Cl2N3O5. The number of esters is 1. The highest BCUT2D eigenvalue weighted by atomic mass is 35.5. The SMILES string of the molecule is O=C(CCC(=O)OCC(=O)Nc1cccc(Cl)c1)NNC(=O)c1ccc(Cl)cc1. The topological polar surface area (TPSA) is 114 Å². The number of benzene rings is 2. The van der Waals surface area contributed by atoms with Crippen molar-refractivity contribution in [1.82, 2.24) is 10.9 Å². The average molecular weight is 438 g/mol. The van der Waals surface area contributed by atoms with Gasteiger partial charge in [-0.3, -0.25) is 30.0 Å². The summed E-state index contributed by atoms with van der Waals surface area (Å²) in [4.78, 5) is 46.9. The van der Waals surface area contributed by atoms with Crippen molar-refractivity contribution in [3.05, 3.63) is 64.1 Å². The molecule has 0 aliphatic heterocycles. The van der Waals surface area contributed by atoms with Gasteiger partial charge in [-0.15, -0.1) is 0 Å². The second-order valence-corrected chi connectivity index (χ2v) is 6.60. The zero-order chi connectivity index (χ0) is 21.2. The minimum absolute atomic E-state index is 0.227. The highest BCUT2D eigenvalue weighted by Crippen LogP contribution is 2.14. The van der Waals surface area contributed by atoms with Crippen LogP contribution in [-0.2, 0) is 19.1 Å². The molecule has 8 nitrogen and oxygen atoms in total. The third-order valence-electron chi connectivity index (χ3n) is 3.45. The molecule has 29 heavy (non-hydrogen) atoms. The maximum absolute atomic E-state index is 11.8. The van der Waals surface area contributed by atoms with Gasteiger partial charge >= 0.3 is 5.97 Å². The van der Waals surface area contributed by atoms with Gasteiger partial charge in [-0.05, 0) is 42.5 Å². The lowest BCUT2D eigenvalue weighted by atomic mass is 10.2. The zero-order valence-corrected chi connectivity index (χ0v) is 16.5. The summed E-state index contributed by atoms with van der Waals surface area (Å²) in [6.07, 6.45) is -0.483. The molecule has 2 rings (SSSR count). The van der Waals surface area contributed by atoms with E-state index < -0.39 is 30.3 Å². The predicted octanol–water partition coefficient (Wildman–Crippen LogP) is 2.72. The smallest absolute Gasteiger partial charge is 0.306 e. The Morgan fingerprint density at radius 1 is 0.828 bits per heavy atom. The first-order chi connectivity index (χ1) is 13.8. The van der Waals surface area contributed by atoms with Crippen LogP contribution in [0.3, 0.4) is 0 Å². The Hall–Kier alpha value is -3.10. The Labute approximate surface area is 176 Å². The maximum atomic E-state index is 11.8. The average Bonchev–Trinajstić information content (AvgIpc) is 2.69. The Kier molecular flexibility index (Phi) is 8.45. The van der Waals surface area contributed by atoms with Gasteiger partial charge in [-0.1, -0.05) is 29.3 Å². The van der Waals surface area contributed by atoms with Gasteiger partial charge in [-0.2, -0.15) is 0 Å². The van der Waals surface area contributed by atoms with E-state index in [-0.39, 0.29) is 12.8 Å². The molecule has 10 heteroatoms. The highest BCUT2D eigenvalue weighted by molar-refractivity contribution is 6.31. The molecule has 0 aromatic heterocycles. The maximum Gasteiger partial charge on any atom is 0.306 e. The Morgan fingerprint density at radius 2 is 1.55 bits per heavy atom. The second kappa shape index (κ2) is 11.0. The Morgan fingerprint density at radius 3 is 2.24 bits per heavy atom. The first-order valence-corrected chi connectivity index (χ1v) is 9.15. The minimum Gasteiger partial charge on any atom is -0.456 e. The number of hydrogen-bond donors (Lipinski definition) is 3. The molecule has 0 aliphatic rings. The molecule has 2 aromatic carbocycles. The summed E-state index contributed by atoms with van der Waals surface area (Å²) in [6, 6.07) is 12.6. The summed E-state index contributed by atoms with van der Waals surface area (Å²) in [5.74, 6) is -2.39. The number of anilines is 1. The van der Waals surface area contributed by atoms with Crippen LogP contribution in [0.5, 0.6) is 0 Å². The van der Waals surface area contributed by atoms with Crippen molar-refractivity contribution in [3.63, 3.8) is 0 Å². The van der Waals surface area contributed by atoms with Crippen molar-refractivity contribution < 1.29 is 23.9 Å². The van der Waals surface area contributed by atoms with Crippen LogP contribution >= 0.6 is 23.2 Å². The van der Waals surface area contributed by atoms with E-state index in [1.807, 2.05) is 0 Å². The van der Waals surface area contributed by atoms with Crippen molar-refractivity contribution in [1.29, 1.82) is 0 Å². The van der Waals surface area contributed by atoms with E-state index in [0.717, 1.165) is 0 Å². The summed E-state index contributed by atoms with van der Waals surface area (Å²) >= 11 is 11.5. The fourth-order valence-electron chi connectivity index (χ4n) is 2.06. The van der Waals surface area contributed by atoms with E-state index in [1.165, 1.54) is 24.3 Å². The van der Waals surface area contributed by atoms with E-state index >= 15 is 0 Å². The van der Waals surface area contributed by atoms with Crippen molar-refractivity contribution in [2.75, 3.05) is 11.9 Å². The summed E-state index contributed by atoms with van der Waals surface area (Å²) in [5.41, 5.74) is 5.17. The summed E-state index contributed by atoms with van der Waals surface area (Å²) in [7, 11) is 0. The molecule has 3 amide bonds. The number of halogens is 2. The lowest BCUT2D eigenvalue weighted by Crippen LogP contribution is -2.41. The highest BCUT2D eigenvalue weighted by Gasteiger charge is 2.12. The van der Waals surface area contributed by atoms with E-state index in [0.29, 0.717) is 21.3 Å². The van der Waals surface area contributed by atoms with Gasteiger partial charge in [0.15, 0.2) is 6.61 Å². The first-order valence-electron chi connectivity index (χ1n) is 8.39. The number of hydrogen-bond acceptors (Lipinski definition) is 5. The van der Waals surface area contributed by atoms with Crippen LogP contribution in [0, 0.1) is 0 Å². The normalized spacial score (nSPS) is 10.0. The molecule has 2 aromatic rings. The molecule has 0 heterocycles. The number of carbonyl (C=O) groups excluding carboxylic acids is 4. The molecule has 0 bridgehead atoms. The van der Waals surface area contributed by atoms with Crippen LogP contribution in [0.25, 0.3) is 0 Å². The Bertz CT molecular complexity index is 903. The van der Waals surface area contributed by atoms with Gasteiger partial charge in [0.1, 0.15) is 0 Å². The molecule has 0 aliphatic carbocycles. The van der Waals surface area contributed by atoms with E-state index in [9.17, 15) is 19.2 Å². The van der Waals surface area contributed by atoms with Gasteiger partial charge in [0.25, 0.3) is 11.8 Å². The number of ether oxygens (including phenoxy) is 1. The van der Waals surface area contributed by atoms with Crippen LogP contribution in [0.2, 0.25) is 10.0 Å². The quantitative estimate of drug-likeness (QED) is 0.455. The van der Waals surface area contributed by atoms with E-state index in [2.05, 4.69) is 16.2 Å². The van der Waals surface area contributed by atoms with E-state index in [4.69, 9.17) is 27.9 Å². The molecule has 0 radical (unpaired) electrons. The second-order valence-electron chi connectivity index (χ2n) is 5.73. The number of carbonyl (C=O) groups is 4. The number of amides is 3. The van der Waals surface area contributed by atoms with Crippen molar-refractivity contribution in [3.8, 4) is 0 Å². The first kappa shape index (κ1) is 22.2. The fourth-order valence-corrected chi connectivity index (χ4v) is 2.38. The molecule has 0 atom stereocenters. The van der Waals surface area contributed by atoms with Gasteiger partial charge in [0.2, 0.25) is 5.91 Å². The molecule has 0 saturated heterocycles. The van der Waals surface area contributed by atoms with Crippen LogP contribution in [0.15, 0.2) is 48.5 Å². The number of rotatable bonds is 7. The molecule has 0 fully saturated rings. The third kappa shape index (κ3) is 8.20. The van der Waals surface area contributed by atoms with Crippen molar-refractivity contribution in [2.24, 2.45) is 0 Å². The van der Waals surface area contributed by atoms with Crippen LogP contribution in [0.1, 0.15) is 23.2 Å².